The fourth-order valence-corrected chi connectivity index (χ4v) is 2.12. The quantitative estimate of drug-likeness (QED) is 0.785. The van der Waals surface area contributed by atoms with E-state index in [4.69, 9.17) is 16.3 Å². The molecule has 1 atom stereocenters. The third kappa shape index (κ3) is 4.36. The summed E-state index contributed by atoms with van der Waals surface area (Å²) in [7, 11) is 0. The summed E-state index contributed by atoms with van der Waals surface area (Å²) < 4.78 is 19.5. The minimum absolute atomic E-state index is 0.168. The summed E-state index contributed by atoms with van der Waals surface area (Å²) in [5.41, 5.74) is 1.34. The van der Waals surface area contributed by atoms with Crippen LogP contribution in [0.3, 0.4) is 0 Å². The maximum absolute atomic E-state index is 13.7. The van der Waals surface area contributed by atoms with Crippen LogP contribution < -0.4 is 10.1 Å². The Morgan fingerprint density at radius 2 is 2.00 bits per heavy atom. The lowest BCUT2D eigenvalue weighted by molar-refractivity contribution is 0.217. The topological polar surface area (TPSA) is 21.3 Å². The second kappa shape index (κ2) is 7.32. The second-order valence-electron chi connectivity index (χ2n) is 4.92. The highest BCUT2D eigenvalue weighted by atomic mass is 35.5. The number of hydrogen-bond acceptors (Lipinski definition) is 2. The zero-order valence-electron chi connectivity index (χ0n) is 12.2. The minimum atomic E-state index is -0.304. The van der Waals surface area contributed by atoms with Crippen molar-refractivity contribution in [2.24, 2.45) is 0 Å². The van der Waals surface area contributed by atoms with Gasteiger partial charge in [0.15, 0.2) is 0 Å². The normalized spacial score (nSPS) is 12.0. The van der Waals surface area contributed by atoms with Gasteiger partial charge >= 0.3 is 0 Å². The molecule has 0 bridgehead atoms. The van der Waals surface area contributed by atoms with E-state index in [2.05, 4.69) is 12.2 Å². The molecule has 1 N–H and O–H groups in total. The van der Waals surface area contributed by atoms with E-state index in [1.165, 1.54) is 6.07 Å². The van der Waals surface area contributed by atoms with Gasteiger partial charge in [0.25, 0.3) is 0 Å². The van der Waals surface area contributed by atoms with Gasteiger partial charge < -0.3 is 10.1 Å². The molecule has 0 saturated carbocycles. The number of benzene rings is 2. The average molecular weight is 308 g/mol. The van der Waals surface area contributed by atoms with Gasteiger partial charge in [-0.25, -0.2) is 4.39 Å². The largest absolute Gasteiger partial charge is 0.491 e. The van der Waals surface area contributed by atoms with E-state index >= 15 is 0 Å². The lowest BCUT2D eigenvalue weighted by Crippen LogP contribution is -2.10. The van der Waals surface area contributed by atoms with Crippen LogP contribution in [0.1, 0.15) is 25.8 Å². The third-order valence-electron chi connectivity index (χ3n) is 3.28. The zero-order valence-corrected chi connectivity index (χ0v) is 13.0. The Morgan fingerprint density at radius 1 is 1.24 bits per heavy atom. The van der Waals surface area contributed by atoms with Crippen LogP contribution in [0.5, 0.6) is 5.75 Å². The first-order chi connectivity index (χ1) is 10.1. The fraction of sp³-hybridized carbons (Fsp3) is 0.294. The van der Waals surface area contributed by atoms with Crippen molar-refractivity contribution in [3.8, 4) is 5.75 Å². The van der Waals surface area contributed by atoms with E-state index in [-0.39, 0.29) is 11.9 Å². The Labute approximate surface area is 129 Å². The third-order valence-corrected chi connectivity index (χ3v) is 3.63. The van der Waals surface area contributed by atoms with Crippen LogP contribution in [0.25, 0.3) is 0 Å². The summed E-state index contributed by atoms with van der Waals surface area (Å²) in [5.74, 6) is 0.496. The highest BCUT2D eigenvalue weighted by Gasteiger charge is 2.07. The molecule has 2 aromatic carbocycles. The molecule has 2 rings (SSSR count). The first-order valence-corrected chi connectivity index (χ1v) is 7.41. The molecule has 1 unspecified atom stereocenters. The fourth-order valence-electron chi connectivity index (χ4n) is 1.89. The van der Waals surface area contributed by atoms with Crippen LogP contribution in [-0.2, 0) is 6.54 Å². The average Bonchev–Trinajstić information content (AvgIpc) is 2.47. The van der Waals surface area contributed by atoms with Gasteiger partial charge in [0.2, 0.25) is 0 Å². The standard InChI is InChI=1S/C17H19ClFNO/c1-3-12(2)21-14-7-4-6-13(10-14)20-11-15-16(18)8-5-9-17(15)19/h4-10,12,20H,3,11H2,1-2H3. The van der Waals surface area contributed by atoms with Gasteiger partial charge in [-0.15, -0.1) is 0 Å². The Kier molecular flexibility index (Phi) is 5.45. The summed E-state index contributed by atoms with van der Waals surface area (Å²) in [5, 5.41) is 3.60. The van der Waals surface area contributed by atoms with E-state index in [1.807, 2.05) is 31.2 Å². The van der Waals surface area contributed by atoms with Crippen molar-refractivity contribution in [2.45, 2.75) is 32.9 Å². The minimum Gasteiger partial charge on any atom is -0.491 e. The van der Waals surface area contributed by atoms with Crippen molar-refractivity contribution in [1.82, 2.24) is 0 Å². The predicted octanol–water partition coefficient (Wildman–Crippen LogP) is 5.27. The number of anilines is 1. The maximum atomic E-state index is 13.7. The smallest absolute Gasteiger partial charge is 0.129 e. The SMILES string of the molecule is CCC(C)Oc1cccc(NCc2c(F)cccc2Cl)c1. The number of rotatable bonds is 6. The predicted molar refractivity (Wildman–Crippen MR) is 85.6 cm³/mol. The molecule has 0 fully saturated rings. The lowest BCUT2D eigenvalue weighted by atomic mass is 10.2. The van der Waals surface area contributed by atoms with E-state index in [9.17, 15) is 4.39 Å². The van der Waals surface area contributed by atoms with Crippen molar-refractivity contribution in [3.63, 3.8) is 0 Å². The molecule has 0 spiro atoms. The molecular weight excluding hydrogens is 289 g/mol. The number of halogens is 2. The van der Waals surface area contributed by atoms with Crippen LogP contribution in [0, 0.1) is 5.82 Å². The molecule has 0 aliphatic heterocycles. The highest BCUT2D eigenvalue weighted by molar-refractivity contribution is 6.31. The molecule has 0 aliphatic carbocycles. The first-order valence-electron chi connectivity index (χ1n) is 7.03. The van der Waals surface area contributed by atoms with Crippen LogP contribution in [0.4, 0.5) is 10.1 Å². The Hall–Kier alpha value is -1.74. The molecule has 0 aromatic heterocycles. The molecule has 21 heavy (non-hydrogen) atoms. The van der Waals surface area contributed by atoms with Gasteiger partial charge in [0.05, 0.1) is 6.10 Å². The molecule has 0 saturated heterocycles. The van der Waals surface area contributed by atoms with Crippen molar-refractivity contribution >= 4 is 17.3 Å². The molecule has 0 aliphatic rings. The molecule has 0 heterocycles. The van der Waals surface area contributed by atoms with Crippen molar-refractivity contribution in [3.05, 3.63) is 58.9 Å². The first kappa shape index (κ1) is 15.6. The maximum Gasteiger partial charge on any atom is 0.129 e. The summed E-state index contributed by atoms with van der Waals surface area (Å²) in [6.07, 6.45) is 1.11. The Balaban J connectivity index is 2.05. The Morgan fingerprint density at radius 3 is 2.71 bits per heavy atom. The molecule has 0 amide bonds. The molecule has 2 nitrogen and oxygen atoms in total. The van der Waals surface area contributed by atoms with Crippen molar-refractivity contribution in [2.75, 3.05) is 5.32 Å². The van der Waals surface area contributed by atoms with Gasteiger partial charge in [-0.2, -0.15) is 0 Å². The van der Waals surface area contributed by atoms with Crippen LogP contribution in [0.15, 0.2) is 42.5 Å². The van der Waals surface area contributed by atoms with Crippen LogP contribution in [-0.4, -0.2) is 6.10 Å². The van der Waals surface area contributed by atoms with Gasteiger partial charge in [-0.1, -0.05) is 30.7 Å². The zero-order chi connectivity index (χ0) is 15.2. The highest BCUT2D eigenvalue weighted by Crippen LogP contribution is 2.23. The van der Waals surface area contributed by atoms with E-state index in [0.29, 0.717) is 17.1 Å². The molecular formula is C17H19ClFNO. The monoisotopic (exact) mass is 307 g/mol. The van der Waals surface area contributed by atoms with Gasteiger partial charge in [-0.3, -0.25) is 0 Å². The molecule has 2 aromatic rings. The summed E-state index contributed by atoms with van der Waals surface area (Å²) in [6, 6.07) is 12.3. The summed E-state index contributed by atoms with van der Waals surface area (Å²) in [6.45, 7) is 4.43. The van der Waals surface area contributed by atoms with Gasteiger partial charge in [0.1, 0.15) is 11.6 Å². The van der Waals surface area contributed by atoms with Crippen LogP contribution in [0.2, 0.25) is 5.02 Å². The number of ether oxygens (including phenoxy) is 1. The second-order valence-corrected chi connectivity index (χ2v) is 5.33. The van der Waals surface area contributed by atoms with E-state index in [0.717, 1.165) is 17.9 Å². The van der Waals surface area contributed by atoms with E-state index in [1.54, 1.807) is 12.1 Å². The molecule has 112 valence electrons. The summed E-state index contributed by atoms with van der Waals surface area (Å²) in [4.78, 5) is 0. The van der Waals surface area contributed by atoms with Crippen LogP contribution >= 0.6 is 11.6 Å². The van der Waals surface area contributed by atoms with Gasteiger partial charge in [-0.05, 0) is 37.6 Å². The molecule has 4 heteroatoms. The number of nitrogens with one attached hydrogen (secondary N) is 1. The molecule has 0 radical (unpaired) electrons. The van der Waals surface area contributed by atoms with Gasteiger partial charge in [0, 0.05) is 28.9 Å². The van der Waals surface area contributed by atoms with Crippen molar-refractivity contribution < 1.29 is 9.13 Å². The lowest BCUT2D eigenvalue weighted by Gasteiger charge is -2.14. The summed E-state index contributed by atoms with van der Waals surface area (Å²) >= 11 is 6.01. The van der Waals surface area contributed by atoms with Crippen molar-refractivity contribution in [1.29, 1.82) is 0 Å². The number of hydrogen-bond donors (Lipinski definition) is 1. The Bertz CT molecular complexity index is 583. The van der Waals surface area contributed by atoms with E-state index < -0.39 is 0 Å².